The van der Waals surface area contributed by atoms with Gasteiger partial charge < -0.3 is 39.5 Å². The van der Waals surface area contributed by atoms with Crippen LogP contribution in [0.5, 0.6) is 0 Å². The van der Waals surface area contributed by atoms with Crippen molar-refractivity contribution in [3.05, 3.63) is 68.8 Å². The molecule has 0 fully saturated rings. The van der Waals surface area contributed by atoms with Crippen LogP contribution < -0.4 is 0 Å². The van der Waals surface area contributed by atoms with Crippen molar-refractivity contribution >= 4 is 21.8 Å². The number of nitrogens with zero attached hydrogens (tertiary/aromatic N) is 2. The molecule has 0 aliphatic carbocycles. The molecule has 0 unspecified atom stereocenters. The third-order valence-electron chi connectivity index (χ3n) is 2.34. The molecule has 1 aromatic carbocycles. The average molecular weight is 451 g/mol. The largest absolute Gasteiger partial charge is 0.385 e. The minimum Gasteiger partial charge on any atom is -0.385 e. The summed E-state index contributed by atoms with van der Waals surface area (Å²) in [5, 5.41) is 2.28. The molecule has 0 aliphatic heterocycles. The van der Waals surface area contributed by atoms with Crippen molar-refractivity contribution in [1.29, 1.82) is 0 Å². The number of rotatable bonds is 0. The quantitative estimate of drug-likeness (QED) is 0.163. The van der Waals surface area contributed by atoms with E-state index in [-0.39, 0.29) is 17.1 Å². The van der Waals surface area contributed by atoms with E-state index in [0.717, 1.165) is 21.8 Å². The Bertz CT molecular complexity index is 682. The van der Waals surface area contributed by atoms with Gasteiger partial charge in [-0.15, -0.1) is 0 Å². The molecule has 0 saturated carbocycles. The van der Waals surface area contributed by atoms with Gasteiger partial charge in [0.1, 0.15) is 0 Å². The van der Waals surface area contributed by atoms with Crippen molar-refractivity contribution in [2.45, 2.75) is 0 Å². The minimum absolute atomic E-state index is 0. The fraction of sp³-hybridized carbons (Fsp3) is 0. The van der Waals surface area contributed by atoms with Crippen molar-refractivity contribution in [3.63, 3.8) is 0 Å². The second-order valence-electron chi connectivity index (χ2n) is 3.86. The van der Waals surface area contributed by atoms with Crippen LogP contribution in [0, 0.1) is 20.0 Å². The predicted octanol–water partition coefficient (Wildman–Crippen LogP) is 6.81. The van der Waals surface area contributed by atoms with Gasteiger partial charge in [0, 0.05) is 40.2 Å². The molecule has 2 heterocycles. The van der Waals surface area contributed by atoms with Gasteiger partial charge >= 0.3 is 0 Å². The molecule has 0 spiro atoms. The maximum Gasteiger partial charge on any atom is 0.154 e. The van der Waals surface area contributed by atoms with Gasteiger partial charge in [-0.2, -0.15) is 0 Å². The number of hydrogen-bond acceptors (Lipinski definition) is 2. The van der Waals surface area contributed by atoms with E-state index in [1.807, 2.05) is 12.1 Å². The Kier molecular flexibility index (Phi) is 15.1. The molecule has 27 heavy (non-hydrogen) atoms. The maximum atomic E-state index is 9.58. The van der Waals surface area contributed by atoms with Crippen molar-refractivity contribution < 1.29 is 56.6 Å². The van der Waals surface area contributed by atoms with E-state index < -0.39 is 20.0 Å². The molecular weight excluding hydrogens is 443 g/mol. The Hall–Kier alpha value is -2.07. The molecule has 12 heteroatoms. The van der Waals surface area contributed by atoms with Gasteiger partial charge in [0.15, 0.2) is 20.0 Å². The predicted molar refractivity (Wildman–Crippen MR) is 76.7 cm³/mol. The van der Waals surface area contributed by atoms with Crippen LogP contribution in [0.2, 0.25) is 0 Å². The van der Waals surface area contributed by atoms with Crippen LogP contribution in [0.1, 0.15) is 0 Å². The molecule has 2 aromatic heterocycles. The Balaban J connectivity index is 0. The van der Waals surface area contributed by atoms with Gasteiger partial charge in [-0.05, 0) is 12.1 Å². The SMILES string of the molecule is F[C-](F)F.F[C-](F)F.F[C-](F)F.[Cu].c1cnc2c(c1)ccc1cccnc12. The zero-order valence-corrected chi connectivity index (χ0v) is 13.7. The normalized spacial score (nSPS) is 9.63. The summed E-state index contributed by atoms with van der Waals surface area (Å²) in [6, 6.07) is 12.1. The standard InChI is InChI=1S/C12H8N2.3CF3.Cu/c1-3-9-5-6-10-4-2-8-14-12(10)11(9)13-7-1;3*2-1(3)4;/h1-8H;;;;/q;3*-1;. The Morgan fingerprint density at radius 1 is 0.519 bits per heavy atom. The van der Waals surface area contributed by atoms with Crippen LogP contribution in [0.3, 0.4) is 0 Å². The molecule has 0 N–H and O–H groups in total. The topological polar surface area (TPSA) is 25.8 Å². The number of halogens is 9. The number of hydrogen-bond donors (Lipinski definition) is 0. The van der Waals surface area contributed by atoms with E-state index in [9.17, 15) is 39.5 Å². The van der Waals surface area contributed by atoms with Crippen molar-refractivity contribution in [3.8, 4) is 0 Å². The molecule has 3 rings (SSSR count). The summed E-state index contributed by atoms with van der Waals surface area (Å²) < 4.78 is 86.2. The molecule has 155 valence electrons. The summed E-state index contributed by atoms with van der Waals surface area (Å²) in [5.74, 6) is 0. The van der Waals surface area contributed by atoms with Crippen LogP contribution >= 0.6 is 0 Å². The monoisotopic (exact) mass is 450 g/mol. The summed E-state index contributed by atoms with van der Waals surface area (Å²) in [7, 11) is 0. The number of benzene rings is 1. The van der Waals surface area contributed by atoms with E-state index >= 15 is 0 Å². The molecule has 1 radical (unpaired) electrons. The smallest absolute Gasteiger partial charge is 0.154 e. The zero-order chi connectivity index (χ0) is 20.1. The van der Waals surface area contributed by atoms with Crippen LogP contribution in [-0.2, 0) is 17.1 Å². The second-order valence-corrected chi connectivity index (χ2v) is 3.86. The van der Waals surface area contributed by atoms with Gasteiger partial charge in [0.05, 0.1) is 11.0 Å². The Morgan fingerprint density at radius 2 is 0.778 bits per heavy atom. The van der Waals surface area contributed by atoms with E-state index in [1.165, 1.54) is 0 Å². The van der Waals surface area contributed by atoms with Gasteiger partial charge in [-0.1, -0.05) is 24.3 Å². The van der Waals surface area contributed by atoms with Crippen molar-refractivity contribution in [2.75, 3.05) is 0 Å². The molecule has 2 nitrogen and oxygen atoms in total. The summed E-state index contributed by atoms with van der Waals surface area (Å²) in [5.41, 5.74) is 1.95. The number of pyridine rings is 2. The third kappa shape index (κ3) is 13.8. The van der Waals surface area contributed by atoms with Crippen molar-refractivity contribution in [1.82, 2.24) is 9.97 Å². The van der Waals surface area contributed by atoms with E-state index in [1.54, 1.807) is 12.4 Å². The fourth-order valence-electron chi connectivity index (χ4n) is 1.68. The molecule has 3 aromatic rings. The molecular formula is C15H8CuF9N2-3. The van der Waals surface area contributed by atoms with Gasteiger partial charge in [-0.25, -0.2) is 0 Å². The zero-order valence-electron chi connectivity index (χ0n) is 12.7. The second kappa shape index (κ2) is 15.0. The molecule has 0 atom stereocenters. The average Bonchev–Trinajstić information content (AvgIpc) is 2.53. The first-order valence-electron chi connectivity index (χ1n) is 6.24. The minimum atomic E-state index is -3.08. The van der Waals surface area contributed by atoms with E-state index in [2.05, 4.69) is 34.2 Å². The van der Waals surface area contributed by atoms with Gasteiger partial charge in [0.25, 0.3) is 0 Å². The first-order chi connectivity index (χ1) is 12.1. The molecule has 0 amide bonds. The summed E-state index contributed by atoms with van der Waals surface area (Å²) in [6.45, 7) is -9.25. The Morgan fingerprint density at radius 3 is 1.04 bits per heavy atom. The summed E-state index contributed by atoms with van der Waals surface area (Å²) >= 11 is 0. The van der Waals surface area contributed by atoms with Crippen LogP contribution in [0.25, 0.3) is 21.8 Å². The Labute approximate surface area is 157 Å². The fourth-order valence-corrected chi connectivity index (χ4v) is 1.68. The van der Waals surface area contributed by atoms with Crippen molar-refractivity contribution in [2.24, 2.45) is 0 Å². The maximum absolute atomic E-state index is 9.58. The summed E-state index contributed by atoms with van der Waals surface area (Å²) in [6.07, 6.45) is 3.60. The van der Waals surface area contributed by atoms with E-state index in [4.69, 9.17) is 0 Å². The van der Waals surface area contributed by atoms with Crippen LogP contribution in [0.15, 0.2) is 48.8 Å². The molecule has 0 bridgehead atoms. The summed E-state index contributed by atoms with van der Waals surface area (Å²) in [4.78, 5) is 8.69. The molecule has 0 saturated heterocycles. The van der Waals surface area contributed by atoms with Gasteiger partial charge in [-0.3, -0.25) is 9.97 Å². The number of fused-ring (bicyclic) bond motifs is 3. The number of aromatic nitrogens is 2. The first kappa shape index (κ1) is 27.2. The van der Waals surface area contributed by atoms with Crippen LogP contribution in [-0.4, -0.2) is 9.97 Å². The molecule has 0 aliphatic rings. The van der Waals surface area contributed by atoms with E-state index in [0.29, 0.717) is 0 Å². The third-order valence-corrected chi connectivity index (χ3v) is 2.34. The first-order valence-corrected chi connectivity index (χ1v) is 6.24. The van der Waals surface area contributed by atoms with Gasteiger partial charge in [0.2, 0.25) is 0 Å². The van der Waals surface area contributed by atoms with Crippen LogP contribution in [0.4, 0.5) is 39.5 Å².